The average Bonchev–Trinajstić information content (AvgIpc) is 3.19. The van der Waals surface area contributed by atoms with Gasteiger partial charge in [-0.05, 0) is 48.6 Å². The molecule has 0 atom stereocenters. The van der Waals surface area contributed by atoms with Crippen molar-refractivity contribution >= 4 is 29.0 Å². The van der Waals surface area contributed by atoms with E-state index in [9.17, 15) is 28.9 Å². The molecule has 0 radical (unpaired) electrons. The van der Waals surface area contributed by atoms with E-state index in [4.69, 9.17) is 4.74 Å². The van der Waals surface area contributed by atoms with E-state index in [1.807, 2.05) is 12.1 Å². The summed E-state index contributed by atoms with van der Waals surface area (Å²) < 4.78 is 18.1. The van der Waals surface area contributed by atoms with Crippen molar-refractivity contribution < 1.29 is 28.4 Å². The molecule has 30 heavy (non-hydrogen) atoms. The number of fused-ring (bicyclic) bond motifs is 1. The quantitative estimate of drug-likeness (QED) is 0.306. The van der Waals surface area contributed by atoms with E-state index in [-0.39, 0.29) is 24.3 Å². The Balaban J connectivity index is 1.44. The Morgan fingerprint density at radius 3 is 2.60 bits per heavy atom. The van der Waals surface area contributed by atoms with Crippen molar-refractivity contribution in [2.75, 3.05) is 11.9 Å². The van der Waals surface area contributed by atoms with Crippen LogP contribution in [0.1, 0.15) is 40.7 Å². The number of halogens is 1. The van der Waals surface area contributed by atoms with Gasteiger partial charge < -0.3 is 10.1 Å². The first-order chi connectivity index (χ1) is 14.3. The van der Waals surface area contributed by atoms with Crippen LogP contribution in [0.15, 0.2) is 36.4 Å². The standard InChI is InChI=1S/C21H19FN2O6/c22-17-7-6-16(11-18(17)24(28)29)23-20(26)12-30-21(27)9-8-19(25)15-5-4-13-2-1-3-14(13)10-15/h4-7,10-11H,1-3,8-9,12H2,(H,23,26). The first-order valence-electron chi connectivity index (χ1n) is 9.38. The molecule has 0 spiro atoms. The molecule has 0 aromatic heterocycles. The number of ketones is 1. The minimum Gasteiger partial charge on any atom is -0.456 e. The number of benzene rings is 2. The molecule has 0 bridgehead atoms. The maximum absolute atomic E-state index is 13.3. The van der Waals surface area contributed by atoms with Crippen LogP contribution in [0.4, 0.5) is 15.8 Å². The van der Waals surface area contributed by atoms with Gasteiger partial charge in [-0.1, -0.05) is 12.1 Å². The Morgan fingerprint density at radius 2 is 1.83 bits per heavy atom. The van der Waals surface area contributed by atoms with E-state index < -0.39 is 34.9 Å². The first-order valence-corrected chi connectivity index (χ1v) is 9.38. The van der Waals surface area contributed by atoms with Crippen LogP contribution in [0.25, 0.3) is 0 Å². The van der Waals surface area contributed by atoms with Crippen LogP contribution in [0, 0.1) is 15.9 Å². The van der Waals surface area contributed by atoms with Crippen LogP contribution < -0.4 is 5.32 Å². The number of rotatable bonds is 8. The number of esters is 1. The molecule has 8 nitrogen and oxygen atoms in total. The highest BCUT2D eigenvalue weighted by atomic mass is 19.1. The minimum absolute atomic E-state index is 0.00376. The molecular weight excluding hydrogens is 395 g/mol. The second-order valence-corrected chi connectivity index (χ2v) is 6.89. The van der Waals surface area contributed by atoms with Crippen LogP contribution in [0.5, 0.6) is 0 Å². The molecule has 1 aliphatic carbocycles. The van der Waals surface area contributed by atoms with Crippen molar-refractivity contribution in [1.29, 1.82) is 0 Å². The topological polar surface area (TPSA) is 116 Å². The summed E-state index contributed by atoms with van der Waals surface area (Å²) in [4.78, 5) is 45.7. The smallest absolute Gasteiger partial charge is 0.306 e. The fourth-order valence-corrected chi connectivity index (χ4v) is 3.25. The number of Topliss-reactive ketones (excluding diaryl/α,β-unsaturated/α-hetero) is 1. The van der Waals surface area contributed by atoms with E-state index >= 15 is 0 Å². The van der Waals surface area contributed by atoms with Gasteiger partial charge in [0.25, 0.3) is 5.91 Å². The number of nitrogens with one attached hydrogen (secondary N) is 1. The normalized spacial score (nSPS) is 12.2. The predicted molar refractivity (Wildman–Crippen MR) is 105 cm³/mol. The number of nitro groups is 1. The highest BCUT2D eigenvalue weighted by molar-refractivity contribution is 5.98. The monoisotopic (exact) mass is 414 g/mol. The summed E-state index contributed by atoms with van der Waals surface area (Å²) in [6.45, 7) is -0.628. The van der Waals surface area contributed by atoms with Gasteiger partial charge in [-0.15, -0.1) is 0 Å². The summed E-state index contributed by atoms with van der Waals surface area (Å²) >= 11 is 0. The fraction of sp³-hybridized carbons (Fsp3) is 0.286. The maximum atomic E-state index is 13.3. The van der Waals surface area contributed by atoms with Crippen molar-refractivity contribution in [2.24, 2.45) is 0 Å². The van der Waals surface area contributed by atoms with Crippen LogP contribution in [-0.4, -0.2) is 29.2 Å². The summed E-state index contributed by atoms with van der Waals surface area (Å²) in [6, 6.07) is 8.43. The zero-order valence-electron chi connectivity index (χ0n) is 16.0. The van der Waals surface area contributed by atoms with Gasteiger partial charge in [0.1, 0.15) is 0 Å². The van der Waals surface area contributed by atoms with Crippen LogP contribution in [-0.2, 0) is 27.2 Å². The summed E-state index contributed by atoms with van der Waals surface area (Å²) in [5, 5.41) is 13.0. The number of carbonyl (C=O) groups excluding carboxylic acids is 3. The second kappa shape index (κ2) is 9.25. The number of hydrogen-bond donors (Lipinski definition) is 1. The van der Waals surface area contributed by atoms with E-state index in [1.54, 1.807) is 6.07 Å². The molecule has 1 aliphatic rings. The summed E-state index contributed by atoms with van der Waals surface area (Å²) in [5.41, 5.74) is 2.19. The Labute approximate surface area is 171 Å². The van der Waals surface area contributed by atoms with Gasteiger partial charge in [0.05, 0.1) is 11.3 Å². The van der Waals surface area contributed by atoms with Crippen molar-refractivity contribution in [3.8, 4) is 0 Å². The molecule has 2 aromatic carbocycles. The Hall–Kier alpha value is -3.62. The first kappa shape index (κ1) is 21.1. The molecule has 0 aliphatic heterocycles. The molecule has 0 fully saturated rings. The van der Waals surface area contributed by atoms with Gasteiger partial charge in [0.2, 0.25) is 5.82 Å². The minimum atomic E-state index is -1.03. The number of nitrogens with zero attached hydrogens (tertiary/aromatic N) is 1. The van der Waals surface area contributed by atoms with Crippen molar-refractivity contribution in [1.82, 2.24) is 0 Å². The number of aryl methyl sites for hydroxylation is 2. The van der Waals surface area contributed by atoms with Gasteiger partial charge in [0, 0.05) is 23.7 Å². The van der Waals surface area contributed by atoms with Gasteiger partial charge >= 0.3 is 11.7 Å². The van der Waals surface area contributed by atoms with E-state index in [2.05, 4.69) is 5.32 Å². The lowest BCUT2D eigenvalue weighted by atomic mass is 10.0. The Kier molecular flexibility index (Phi) is 6.51. The molecule has 0 heterocycles. The number of ether oxygens (including phenoxy) is 1. The molecular formula is C21H19FN2O6. The summed E-state index contributed by atoms with van der Waals surface area (Å²) in [6.07, 6.45) is 2.83. The highest BCUT2D eigenvalue weighted by Gasteiger charge is 2.17. The fourth-order valence-electron chi connectivity index (χ4n) is 3.25. The third-order valence-electron chi connectivity index (χ3n) is 4.77. The molecule has 2 aromatic rings. The third-order valence-corrected chi connectivity index (χ3v) is 4.77. The van der Waals surface area contributed by atoms with E-state index in [1.165, 1.54) is 11.1 Å². The number of nitro benzene ring substituents is 1. The maximum Gasteiger partial charge on any atom is 0.306 e. The summed E-state index contributed by atoms with van der Waals surface area (Å²) in [5.74, 6) is -2.67. The number of anilines is 1. The molecule has 9 heteroatoms. The molecule has 0 saturated carbocycles. The molecule has 1 N–H and O–H groups in total. The van der Waals surface area contributed by atoms with Gasteiger partial charge in [-0.3, -0.25) is 24.5 Å². The predicted octanol–water partition coefficient (Wildman–Crippen LogP) is 3.37. The van der Waals surface area contributed by atoms with E-state index in [0.29, 0.717) is 5.56 Å². The van der Waals surface area contributed by atoms with Gasteiger partial charge in [-0.25, -0.2) is 0 Å². The zero-order chi connectivity index (χ0) is 21.7. The lowest BCUT2D eigenvalue weighted by Gasteiger charge is -2.07. The molecule has 0 unspecified atom stereocenters. The molecule has 0 saturated heterocycles. The van der Waals surface area contributed by atoms with Crippen LogP contribution >= 0.6 is 0 Å². The summed E-state index contributed by atoms with van der Waals surface area (Å²) in [7, 11) is 0. The largest absolute Gasteiger partial charge is 0.456 e. The average molecular weight is 414 g/mol. The van der Waals surface area contributed by atoms with Crippen molar-refractivity contribution in [3.05, 3.63) is 69.0 Å². The Bertz CT molecular complexity index is 1020. The number of carbonyl (C=O) groups is 3. The number of amides is 1. The van der Waals surface area contributed by atoms with Gasteiger partial charge in [-0.2, -0.15) is 4.39 Å². The lowest BCUT2D eigenvalue weighted by molar-refractivity contribution is -0.387. The molecule has 1 amide bonds. The lowest BCUT2D eigenvalue weighted by Crippen LogP contribution is -2.21. The third kappa shape index (κ3) is 5.25. The van der Waals surface area contributed by atoms with E-state index in [0.717, 1.165) is 37.5 Å². The number of hydrogen-bond acceptors (Lipinski definition) is 6. The SMILES string of the molecule is O=C(COC(=O)CCC(=O)c1ccc2c(c1)CCC2)Nc1ccc(F)c([N+](=O)[O-])c1. The Morgan fingerprint density at radius 1 is 1.07 bits per heavy atom. The van der Waals surface area contributed by atoms with Crippen LogP contribution in [0.2, 0.25) is 0 Å². The van der Waals surface area contributed by atoms with Gasteiger partial charge in [0.15, 0.2) is 12.4 Å². The molecule has 156 valence electrons. The van der Waals surface area contributed by atoms with Crippen molar-refractivity contribution in [2.45, 2.75) is 32.1 Å². The van der Waals surface area contributed by atoms with Crippen LogP contribution in [0.3, 0.4) is 0 Å². The highest BCUT2D eigenvalue weighted by Crippen LogP contribution is 2.24. The van der Waals surface area contributed by atoms with Crippen molar-refractivity contribution in [3.63, 3.8) is 0 Å². The second-order valence-electron chi connectivity index (χ2n) is 6.89. The molecule has 3 rings (SSSR count). The zero-order valence-corrected chi connectivity index (χ0v) is 16.0.